The van der Waals surface area contributed by atoms with Gasteiger partial charge in [0, 0.05) is 30.2 Å². The minimum absolute atomic E-state index is 0.108. The van der Waals surface area contributed by atoms with Gasteiger partial charge in [0.05, 0.1) is 5.69 Å². The molecule has 2 aliphatic rings. The first-order chi connectivity index (χ1) is 13.7. The van der Waals surface area contributed by atoms with Gasteiger partial charge in [0.25, 0.3) is 0 Å². The van der Waals surface area contributed by atoms with Crippen LogP contribution in [0.3, 0.4) is 0 Å². The Bertz CT molecular complexity index is 806. The maximum Gasteiger partial charge on any atom is 0.319 e. The van der Waals surface area contributed by atoms with Crippen molar-refractivity contribution < 1.29 is 4.79 Å². The molecule has 146 valence electrons. The van der Waals surface area contributed by atoms with Crippen LogP contribution in [-0.2, 0) is 0 Å². The summed E-state index contributed by atoms with van der Waals surface area (Å²) in [6, 6.07) is 19.4. The largest absolute Gasteiger partial charge is 0.335 e. The lowest BCUT2D eigenvalue weighted by Crippen LogP contribution is -2.57. The van der Waals surface area contributed by atoms with E-state index in [0.29, 0.717) is 12.1 Å². The molecule has 2 heterocycles. The van der Waals surface area contributed by atoms with Crippen LogP contribution in [0.25, 0.3) is 11.1 Å². The van der Waals surface area contributed by atoms with E-state index in [0.717, 1.165) is 36.2 Å². The Morgan fingerprint density at radius 2 is 1.71 bits per heavy atom. The molecule has 4 nitrogen and oxygen atoms in total. The molecule has 2 bridgehead atoms. The molecule has 0 aromatic heterocycles. The molecule has 2 amide bonds. The van der Waals surface area contributed by atoms with Crippen molar-refractivity contribution in [1.82, 2.24) is 10.2 Å². The molecule has 2 aromatic rings. The minimum Gasteiger partial charge on any atom is -0.335 e. The minimum atomic E-state index is -0.108. The van der Waals surface area contributed by atoms with Crippen LogP contribution in [0.2, 0.25) is 0 Å². The van der Waals surface area contributed by atoms with Gasteiger partial charge in [-0.05, 0) is 37.3 Å². The van der Waals surface area contributed by atoms with Crippen LogP contribution in [0, 0.1) is 0 Å². The molecule has 4 heteroatoms. The van der Waals surface area contributed by atoms with Gasteiger partial charge in [-0.1, -0.05) is 61.0 Å². The van der Waals surface area contributed by atoms with Crippen molar-refractivity contribution in [3.63, 3.8) is 0 Å². The van der Waals surface area contributed by atoms with Gasteiger partial charge in [-0.15, -0.1) is 6.58 Å². The number of para-hydroxylation sites is 1. The van der Waals surface area contributed by atoms with Crippen LogP contribution in [-0.4, -0.2) is 35.6 Å². The molecule has 2 saturated heterocycles. The second kappa shape index (κ2) is 8.61. The zero-order valence-electron chi connectivity index (χ0n) is 16.3. The van der Waals surface area contributed by atoms with Crippen molar-refractivity contribution in [3.05, 3.63) is 67.3 Å². The van der Waals surface area contributed by atoms with Gasteiger partial charge in [-0.25, -0.2) is 4.79 Å². The number of amides is 2. The molecule has 0 spiro atoms. The molecule has 0 aliphatic carbocycles. The van der Waals surface area contributed by atoms with E-state index in [1.807, 2.05) is 48.5 Å². The zero-order chi connectivity index (χ0) is 19.3. The van der Waals surface area contributed by atoms with E-state index in [1.165, 1.54) is 19.3 Å². The zero-order valence-corrected chi connectivity index (χ0v) is 16.3. The van der Waals surface area contributed by atoms with Crippen LogP contribution in [0.4, 0.5) is 10.5 Å². The number of hydrogen-bond acceptors (Lipinski definition) is 2. The summed E-state index contributed by atoms with van der Waals surface area (Å²) in [6.45, 7) is 4.87. The summed E-state index contributed by atoms with van der Waals surface area (Å²) < 4.78 is 0. The number of piperidine rings is 2. The topological polar surface area (TPSA) is 44.4 Å². The lowest BCUT2D eigenvalue weighted by molar-refractivity contribution is 0.0375. The van der Waals surface area contributed by atoms with E-state index in [2.05, 4.69) is 34.2 Å². The van der Waals surface area contributed by atoms with Crippen molar-refractivity contribution in [2.45, 2.75) is 50.2 Å². The summed E-state index contributed by atoms with van der Waals surface area (Å²) in [5, 5.41) is 6.31. The van der Waals surface area contributed by atoms with Gasteiger partial charge < -0.3 is 10.6 Å². The fraction of sp³-hybridized carbons (Fsp3) is 0.375. The fourth-order valence-electron chi connectivity index (χ4n) is 4.85. The fourth-order valence-corrected chi connectivity index (χ4v) is 4.85. The van der Waals surface area contributed by atoms with E-state index in [4.69, 9.17) is 0 Å². The Kier molecular flexibility index (Phi) is 5.77. The molecule has 2 aliphatic heterocycles. The van der Waals surface area contributed by atoms with Crippen LogP contribution in [0.15, 0.2) is 67.3 Å². The number of hydrogen-bond donors (Lipinski definition) is 2. The third-order valence-corrected chi connectivity index (χ3v) is 6.06. The SMILES string of the molecule is C=CCN1C2CCCC1CC(NC(=O)Nc1ccccc1-c1ccccc1)C2. The monoisotopic (exact) mass is 375 g/mol. The van der Waals surface area contributed by atoms with Gasteiger partial charge in [-0.2, -0.15) is 0 Å². The average molecular weight is 376 g/mol. The summed E-state index contributed by atoms with van der Waals surface area (Å²) >= 11 is 0. The lowest BCUT2D eigenvalue weighted by atomic mass is 9.82. The maximum atomic E-state index is 12.7. The smallest absolute Gasteiger partial charge is 0.319 e. The van der Waals surface area contributed by atoms with Gasteiger partial charge in [0.15, 0.2) is 0 Å². The average Bonchev–Trinajstić information content (AvgIpc) is 2.70. The lowest BCUT2D eigenvalue weighted by Gasteiger charge is -2.48. The van der Waals surface area contributed by atoms with E-state index < -0.39 is 0 Å². The molecule has 0 saturated carbocycles. The molecule has 2 unspecified atom stereocenters. The predicted molar refractivity (Wildman–Crippen MR) is 115 cm³/mol. The highest BCUT2D eigenvalue weighted by molar-refractivity contribution is 5.94. The molecule has 2 N–H and O–H groups in total. The molecule has 2 atom stereocenters. The highest BCUT2D eigenvalue weighted by Gasteiger charge is 2.37. The normalized spacial score (nSPS) is 24.4. The van der Waals surface area contributed by atoms with E-state index >= 15 is 0 Å². The number of urea groups is 1. The summed E-state index contributed by atoms with van der Waals surface area (Å²) in [4.78, 5) is 15.3. The Morgan fingerprint density at radius 3 is 2.43 bits per heavy atom. The van der Waals surface area contributed by atoms with Gasteiger partial charge in [-0.3, -0.25) is 4.90 Å². The number of benzene rings is 2. The van der Waals surface area contributed by atoms with Gasteiger partial charge in [0.2, 0.25) is 0 Å². The number of carbonyl (C=O) groups excluding carboxylic acids is 1. The number of rotatable bonds is 5. The number of nitrogens with one attached hydrogen (secondary N) is 2. The summed E-state index contributed by atoms with van der Waals surface area (Å²) in [6.07, 6.45) is 7.80. The van der Waals surface area contributed by atoms with Crippen molar-refractivity contribution in [1.29, 1.82) is 0 Å². The van der Waals surface area contributed by atoms with Crippen LogP contribution < -0.4 is 10.6 Å². The Hall–Kier alpha value is -2.59. The first kappa shape index (κ1) is 18.8. The summed E-state index contributed by atoms with van der Waals surface area (Å²) in [5.41, 5.74) is 2.98. The highest BCUT2D eigenvalue weighted by Crippen LogP contribution is 2.34. The summed E-state index contributed by atoms with van der Waals surface area (Å²) in [5.74, 6) is 0. The molecule has 28 heavy (non-hydrogen) atoms. The summed E-state index contributed by atoms with van der Waals surface area (Å²) in [7, 11) is 0. The van der Waals surface area contributed by atoms with Gasteiger partial charge in [0.1, 0.15) is 0 Å². The van der Waals surface area contributed by atoms with E-state index in [9.17, 15) is 4.79 Å². The van der Waals surface area contributed by atoms with Crippen LogP contribution >= 0.6 is 0 Å². The molecular weight excluding hydrogens is 346 g/mol. The Labute approximate surface area is 167 Å². The third-order valence-electron chi connectivity index (χ3n) is 6.06. The molecule has 4 rings (SSSR count). The Morgan fingerprint density at radius 1 is 1.04 bits per heavy atom. The first-order valence-corrected chi connectivity index (χ1v) is 10.3. The van der Waals surface area contributed by atoms with Gasteiger partial charge >= 0.3 is 6.03 Å². The molecule has 0 radical (unpaired) electrons. The van der Waals surface area contributed by atoms with Crippen LogP contribution in [0.5, 0.6) is 0 Å². The quantitative estimate of drug-likeness (QED) is 0.719. The van der Waals surface area contributed by atoms with Crippen molar-refractivity contribution in [3.8, 4) is 11.1 Å². The van der Waals surface area contributed by atoms with Crippen molar-refractivity contribution >= 4 is 11.7 Å². The standard InChI is InChI=1S/C24H29N3O/c1-2-15-27-20-11-8-12-21(27)17-19(16-20)25-24(28)26-23-14-7-6-13-22(23)18-9-4-3-5-10-18/h2-7,9-10,13-14,19-21H,1,8,11-12,15-17H2,(H2,25,26,28). The number of carbonyl (C=O) groups is 1. The number of anilines is 1. The second-order valence-corrected chi connectivity index (χ2v) is 7.90. The highest BCUT2D eigenvalue weighted by atomic mass is 16.2. The molecule has 2 fully saturated rings. The second-order valence-electron chi connectivity index (χ2n) is 7.90. The molecule has 2 aromatic carbocycles. The van der Waals surface area contributed by atoms with Crippen molar-refractivity contribution in [2.24, 2.45) is 0 Å². The number of nitrogens with zero attached hydrogens (tertiary/aromatic N) is 1. The third kappa shape index (κ3) is 4.12. The van der Waals surface area contributed by atoms with Crippen LogP contribution in [0.1, 0.15) is 32.1 Å². The van der Waals surface area contributed by atoms with E-state index in [-0.39, 0.29) is 12.1 Å². The molecular formula is C24H29N3O. The predicted octanol–water partition coefficient (Wildman–Crippen LogP) is 5.05. The first-order valence-electron chi connectivity index (χ1n) is 10.3. The number of fused-ring (bicyclic) bond motifs is 2. The van der Waals surface area contributed by atoms with Crippen molar-refractivity contribution in [2.75, 3.05) is 11.9 Å². The maximum absolute atomic E-state index is 12.7. The Balaban J connectivity index is 1.41. The van der Waals surface area contributed by atoms with E-state index in [1.54, 1.807) is 0 Å².